The maximum atomic E-state index is 12.7. The van der Waals surface area contributed by atoms with Gasteiger partial charge in [0.1, 0.15) is 36.5 Å². The third-order valence-electron chi connectivity index (χ3n) is 7.94. The van der Waals surface area contributed by atoms with Crippen LogP contribution in [0, 0.1) is 0 Å². The summed E-state index contributed by atoms with van der Waals surface area (Å²) in [6.07, 6.45) is 0. The zero-order valence-corrected chi connectivity index (χ0v) is 43.0. The largest absolute Gasteiger partial charge is 1.00 e. The van der Waals surface area contributed by atoms with Crippen molar-refractivity contribution >= 4 is 118 Å². The van der Waals surface area contributed by atoms with E-state index >= 15 is 0 Å². The molecular weight excluding hydrogens is 991 g/mol. The molecule has 0 atom stereocenters. The van der Waals surface area contributed by atoms with Gasteiger partial charge in [0.15, 0.2) is 15.6 Å². The number of anilines is 4. The quantitative estimate of drug-likeness (QED) is 0.0343. The molecule has 0 amide bonds. The molecule has 0 aliphatic rings. The molecule has 6 rings (SSSR count). The number of aromatic nitrogens is 3. The fraction of sp³-hybridized carbons (Fsp3) is 0.0645. The number of azo groups is 1. The summed E-state index contributed by atoms with van der Waals surface area (Å²) in [5.74, 6) is -3.06. The van der Waals surface area contributed by atoms with Gasteiger partial charge in [-0.1, -0.05) is 36.4 Å². The van der Waals surface area contributed by atoms with Crippen LogP contribution in [0.5, 0.6) is 5.75 Å². The number of halogens is 1. The van der Waals surface area contributed by atoms with Crippen molar-refractivity contribution in [1.29, 1.82) is 0 Å². The van der Waals surface area contributed by atoms with Crippen LogP contribution in [-0.4, -0.2) is 92.7 Å². The Balaban J connectivity index is 0.00000352. The molecule has 5 aromatic carbocycles. The van der Waals surface area contributed by atoms with Crippen molar-refractivity contribution in [3.63, 3.8) is 0 Å². The third-order valence-corrected chi connectivity index (χ3v) is 12.8. The molecule has 6 aromatic rings. The number of hydrogen-bond donors (Lipinski definition) is 4. The third kappa shape index (κ3) is 13.5. The van der Waals surface area contributed by atoms with Gasteiger partial charge in [-0.3, -0.25) is 8.74 Å². The molecule has 0 spiro atoms. The number of phenolic OH excluding ortho intramolecular Hbond substituents is 1. The standard InChI is InChI=1S/C31H24ClN7O16S5.3Na/c32-29-35-30(33-18-5-3-6-19(14-18)56(41,42)11-10-55-60(52,53)54)37-31(36-29)34-23-15-20(57(43,44)45)12-17-13-24(58(46,47)48)26(27(40)25(17)23)39-38-22-9-8-16-4-1-2-7-21(16)28(22)59(49,50)51;;;/h1-9,12-15,40H,10-11H2,(H,43,44,45)(H,46,47,48)(H,49,50,51)(H,52,53,54)(H2,33,34,35,36,37);;;/q;3*+1/p-3. The predicted octanol–water partition coefficient (Wildman–Crippen LogP) is -5.24. The van der Waals surface area contributed by atoms with Crippen LogP contribution >= 0.6 is 11.6 Å². The molecule has 23 nitrogen and oxygen atoms in total. The van der Waals surface area contributed by atoms with Crippen molar-refractivity contribution in [2.75, 3.05) is 23.0 Å². The van der Waals surface area contributed by atoms with Crippen LogP contribution in [0.25, 0.3) is 21.5 Å². The second-order valence-corrected chi connectivity index (χ2v) is 19.5. The zero-order valence-electron chi connectivity index (χ0n) is 32.2. The Kier molecular flexibility index (Phi) is 18.2. The van der Waals surface area contributed by atoms with E-state index in [1.54, 1.807) is 6.07 Å². The zero-order chi connectivity index (χ0) is 44.0. The van der Waals surface area contributed by atoms with Crippen molar-refractivity contribution in [2.45, 2.75) is 19.6 Å². The second-order valence-electron chi connectivity index (χ2n) is 11.9. The number of nitrogens with one attached hydrogen (secondary N) is 2. The Morgan fingerprint density at radius 3 is 1.97 bits per heavy atom. The summed E-state index contributed by atoms with van der Waals surface area (Å²) in [5.41, 5.74) is -2.23. The molecule has 0 saturated carbocycles. The molecule has 0 saturated heterocycles. The number of sulfone groups is 1. The SMILES string of the molecule is O=S(=O)([O-])OCCS(=O)(=O)c1cccc(Nc2nc(Cl)nc(Nc3cc(S(=O)(=O)[O-])cc4cc(S(=O)(=O)[O-])c(N=Nc5ccc6ccccc6c5S(=O)(=O)O)c(O)c34)n2)c1.[Na+].[Na+].[Na+]. The van der Waals surface area contributed by atoms with E-state index in [1.807, 2.05) is 0 Å². The normalized spacial score (nSPS) is 12.3. The molecule has 63 heavy (non-hydrogen) atoms. The first-order valence-electron chi connectivity index (χ1n) is 15.9. The average Bonchev–Trinajstić information content (AvgIpc) is 3.12. The van der Waals surface area contributed by atoms with Gasteiger partial charge in [0.2, 0.25) is 27.6 Å². The number of nitrogens with zero attached hydrogens (tertiary/aromatic N) is 5. The number of aromatic hydroxyl groups is 1. The van der Waals surface area contributed by atoms with Crippen molar-refractivity contribution in [2.24, 2.45) is 10.2 Å². The summed E-state index contributed by atoms with van der Waals surface area (Å²) in [4.78, 5) is 8.31. The number of phenols is 1. The Morgan fingerprint density at radius 1 is 0.698 bits per heavy atom. The molecule has 0 fully saturated rings. The number of hydrogen-bond acceptors (Lipinski definition) is 22. The van der Waals surface area contributed by atoms with Gasteiger partial charge in [-0.15, -0.1) is 10.2 Å². The predicted molar refractivity (Wildman–Crippen MR) is 205 cm³/mol. The second kappa shape index (κ2) is 21.0. The summed E-state index contributed by atoms with van der Waals surface area (Å²) in [6, 6.07) is 15.0. The van der Waals surface area contributed by atoms with E-state index in [-0.39, 0.29) is 105 Å². The summed E-state index contributed by atoms with van der Waals surface area (Å²) in [7, 11) is -25.4. The van der Waals surface area contributed by atoms with E-state index in [4.69, 9.17) is 11.6 Å². The van der Waals surface area contributed by atoms with Gasteiger partial charge in [0, 0.05) is 16.5 Å². The summed E-state index contributed by atoms with van der Waals surface area (Å²) >= 11 is 6.10. The molecule has 1 heterocycles. The maximum absolute atomic E-state index is 12.7. The van der Waals surface area contributed by atoms with Gasteiger partial charge in [-0.05, 0) is 64.8 Å². The topological polar surface area (TPSA) is 377 Å². The first-order chi connectivity index (χ1) is 27.8. The van der Waals surface area contributed by atoms with Gasteiger partial charge in [0.05, 0.1) is 32.7 Å². The van der Waals surface area contributed by atoms with Gasteiger partial charge in [0.25, 0.3) is 10.1 Å². The molecule has 0 aliphatic carbocycles. The fourth-order valence-corrected chi connectivity index (χ4v) is 9.22. The summed E-state index contributed by atoms with van der Waals surface area (Å²) in [6.45, 7) is -0.971. The number of fused-ring (bicyclic) bond motifs is 2. The maximum Gasteiger partial charge on any atom is 1.00 e. The van der Waals surface area contributed by atoms with Gasteiger partial charge >= 0.3 is 88.7 Å². The average molecular weight is 1010 g/mol. The Hall–Kier alpha value is -2.53. The Bertz CT molecular complexity index is 3370. The van der Waals surface area contributed by atoms with E-state index < -0.39 is 128 Å². The molecule has 0 radical (unpaired) electrons. The van der Waals surface area contributed by atoms with Crippen molar-refractivity contribution in [3.8, 4) is 5.75 Å². The van der Waals surface area contributed by atoms with E-state index in [1.165, 1.54) is 36.4 Å². The molecular formula is C31H21ClN7Na3O16S5. The van der Waals surface area contributed by atoms with Crippen molar-refractivity contribution in [1.82, 2.24) is 15.0 Å². The Morgan fingerprint density at radius 2 is 1.35 bits per heavy atom. The van der Waals surface area contributed by atoms with Crippen LogP contribution in [0.1, 0.15) is 0 Å². The van der Waals surface area contributed by atoms with E-state index in [2.05, 4.69) is 40.0 Å². The summed E-state index contributed by atoms with van der Waals surface area (Å²) in [5, 5.41) is 22.7. The first kappa shape index (κ1) is 54.8. The molecule has 32 heteroatoms. The minimum atomic E-state index is -5.63. The number of rotatable bonds is 14. The Labute approximate surface area is 429 Å². The summed E-state index contributed by atoms with van der Waals surface area (Å²) < 4.78 is 170. The van der Waals surface area contributed by atoms with Crippen LogP contribution < -0.4 is 99.3 Å². The first-order valence-corrected chi connectivity index (χ1v) is 23.5. The van der Waals surface area contributed by atoms with Crippen LogP contribution in [-0.2, 0) is 54.8 Å². The number of benzene rings is 5. The van der Waals surface area contributed by atoms with Gasteiger partial charge < -0.3 is 29.4 Å². The van der Waals surface area contributed by atoms with Crippen molar-refractivity contribution < 1.29 is 158 Å². The minimum absolute atomic E-state index is 0. The molecule has 0 aliphatic heterocycles. The van der Waals surface area contributed by atoms with Crippen molar-refractivity contribution in [3.05, 3.63) is 84.1 Å². The van der Waals surface area contributed by atoms with Crippen LogP contribution in [0.2, 0.25) is 5.28 Å². The smallest absolute Gasteiger partial charge is 0.744 e. The molecule has 4 N–H and O–H groups in total. The van der Waals surface area contributed by atoms with E-state index in [0.29, 0.717) is 23.6 Å². The molecule has 316 valence electrons. The molecule has 1 aromatic heterocycles. The van der Waals surface area contributed by atoms with Crippen LogP contribution in [0.15, 0.2) is 109 Å². The van der Waals surface area contributed by atoms with E-state index in [0.717, 1.165) is 18.2 Å². The van der Waals surface area contributed by atoms with Crippen LogP contribution in [0.3, 0.4) is 0 Å². The van der Waals surface area contributed by atoms with E-state index in [9.17, 15) is 65.4 Å². The minimum Gasteiger partial charge on any atom is -0.744 e. The van der Waals surface area contributed by atoms with Gasteiger partial charge in [-0.2, -0.15) is 23.4 Å². The fourth-order valence-electron chi connectivity index (χ4n) is 5.52. The van der Waals surface area contributed by atoms with Gasteiger partial charge in [-0.25, -0.2) is 33.7 Å². The molecule has 0 bridgehead atoms. The van der Waals surface area contributed by atoms with Crippen LogP contribution in [0.4, 0.5) is 34.6 Å². The molecule has 0 unspecified atom stereocenters. The monoisotopic (exact) mass is 1010 g/mol.